The van der Waals surface area contributed by atoms with E-state index in [2.05, 4.69) is 5.32 Å². The van der Waals surface area contributed by atoms with Crippen molar-refractivity contribution in [3.05, 3.63) is 59.0 Å². The van der Waals surface area contributed by atoms with E-state index in [0.29, 0.717) is 64.8 Å². The summed E-state index contributed by atoms with van der Waals surface area (Å²) in [6.45, 7) is 7.18. The first kappa shape index (κ1) is 25.8. The number of aryl methyl sites for hydroxylation is 1. The highest BCUT2D eigenvalue weighted by Gasteiger charge is 2.30. The van der Waals surface area contributed by atoms with Crippen molar-refractivity contribution >= 4 is 38.6 Å². The van der Waals surface area contributed by atoms with E-state index in [-0.39, 0.29) is 5.91 Å². The quantitative estimate of drug-likeness (QED) is 0.380. The molecule has 10 heteroatoms. The summed E-state index contributed by atoms with van der Waals surface area (Å²) in [6.07, 6.45) is 1.50. The Labute approximate surface area is 215 Å². The van der Waals surface area contributed by atoms with Crippen LogP contribution >= 0.6 is 11.3 Å². The van der Waals surface area contributed by atoms with E-state index in [1.807, 2.05) is 26.8 Å². The van der Waals surface area contributed by atoms with Gasteiger partial charge in [-0.15, -0.1) is 11.3 Å². The maximum absolute atomic E-state index is 13.3. The summed E-state index contributed by atoms with van der Waals surface area (Å²) >= 11 is 1.19. The Bertz CT molecular complexity index is 1300. The van der Waals surface area contributed by atoms with Gasteiger partial charge in [0.1, 0.15) is 4.21 Å². The van der Waals surface area contributed by atoms with Crippen molar-refractivity contribution in [1.29, 1.82) is 0 Å². The molecule has 2 aromatic carbocycles. The van der Waals surface area contributed by atoms with Crippen molar-refractivity contribution in [3.63, 3.8) is 0 Å². The smallest absolute Gasteiger partial charge is 0.273 e. The Morgan fingerprint density at radius 3 is 2.31 bits per heavy atom. The van der Waals surface area contributed by atoms with Crippen molar-refractivity contribution in [2.24, 2.45) is 0 Å². The minimum atomic E-state index is -3.67. The second-order valence-electron chi connectivity index (χ2n) is 8.01. The van der Waals surface area contributed by atoms with Gasteiger partial charge in [0.15, 0.2) is 11.5 Å². The topological polar surface area (TPSA) is 94.2 Å². The van der Waals surface area contributed by atoms with Crippen LogP contribution in [0.15, 0.2) is 52.1 Å². The first-order chi connectivity index (χ1) is 17.4. The van der Waals surface area contributed by atoms with Crippen LogP contribution in [0, 0.1) is 0 Å². The minimum Gasteiger partial charge on any atom is -0.490 e. The van der Waals surface area contributed by atoms with Crippen LogP contribution in [-0.2, 0) is 16.4 Å². The fraction of sp³-hybridized carbons (Fsp3) is 0.346. The number of ether oxygens (including phenoxy) is 3. The van der Waals surface area contributed by atoms with Gasteiger partial charge in [-0.1, -0.05) is 12.1 Å². The van der Waals surface area contributed by atoms with E-state index >= 15 is 0 Å². The van der Waals surface area contributed by atoms with Crippen molar-refractivity contribution < 1.29 is 27.4 Å². The van der Waals surface area contributed by atoms with Gasteiger partial charge in [0.05, 0.1) is 25.5 Å². The molecule has 1 aromatic heterocycles. The number of benzene rings is 2. The monoisotopic (exact) mass is 530 g/mol. The molecule has 0 aliphatic carbocycles. The largest absolute Gasteiger partial charge is 0.490 e. The molecule has 1 aliphatic heterocycles. The van der Waals surface area contributed by atoms with Crippen molar-refractivity contribution in [1.82, 2.24) is 0 Å². The molecule has 0 spiro atoms. The summed E-state index contributed by atoms with van der Waals surface area (Å²) in [5.74, 6) is 0.938. The first-order valence-electron chi connectivity index (χ1n) is 12.0. The summed E-state index contributed by atoms with van der Waals surface area (Å²) in [5, 5.41) is 4.64. The van der Waals surface area contributed by atoms with Gasteiger partial charge in [-0.25, -0.2) is 8.42 Å². The van der Waals surface area contributed by atoms with Gasteiger partial charge in [-0.2, -0.15) is 0 Å². The molecule has 1 N–H and O–H groups in total. The predicted octanol–water partition coefficient (Wildman–Crippen LogP) is 5.34. The van der Waals surface area contributed by atoms with Gasteiger partial charge in [0.2, 0.25) is 5.75 Å². The lowest BCUT2D eigenvalue weighted by molar-refractivity contribution is 0.102. The fourth-order valence-corrected chi connectivity index (χ4v) is 6.75. The van der Waals surface area contributed by atoms with Crippen molar-refractivity contribution in [2.45, 2.75) is 37.8 Å². The zero-order valence-electron chi connectivity index (χ0n) is 20.6. The molecule has 1 aliphatic rings. The van der Waals surface area contributed by atoms with Gasteiger partial charge in [0.25, 0.3) is 15.9 Å². The van der Waals surface area contributed by atoms with Gasteiger partial charge < -0.3 is 19.5 Å². The molecule has 192 valence electrons. The number of hydrogen-bond donors (Lipinski definition) is 1. The molecule has 0 atom stereocenters. The number of nitrogens with one attached hydrogen (secondary N) is 1. The van der Waals surface area contributed by atoms with E-state index < -0.39 is 10.0 Å². The Balaban J connectivity index is 1.65. The molecular formula is C26H30N2O6S2. The molecule has 0 fully saturated rings. The maximum atomic E-state index is 13.3. The maximum Gasteiger partial charge on any atom is 0.273 e. The Morgan fingerprint density at radius 2 is 1.69 bits per heavy atom. The number of nitrogens with zero attached hydrogens (tertiary/aromatic N) is 1. The lowest BCUT2D eigenvalue weighted by Gasteiger charge is -2.30. The molecule has 0 bridgehead atoms. The average molecular weight is 531 g/mol. The molecule has 0 saturated heterocycles. The molecule has 4 rings (SSSR count). The lowest BCUT2D eigenvalue weighted by atomic mass is 10.0. The van der Waals surface area contributed by atoms with Crippen molar-refractivity contribution in [3.8, 4) is 17.2 Å². The minimum absolute atomic E-state index is 0.297. The zero-order valence-corrected chi connectivity index (χ0v) is 22.2. The summed E-state index contributed by atoms with van der Waals surface area (Å²) < 4.78 is 45.4. The molecule has 0 unspecified atom stereocenters. The summed E-state index contributed by atoms with van der Waals surface area (Å²) in [6, 6.07) is 12.0. The van der Waals surface area contributed by atoms with Crippen molar-refractivity contribution in [2.75, 3.05) is 36.0 Å². The first-order valence-corrected chi connectivity index (χ1v) is 14.3. The number of sulfonamides is 1. The van der Waals surface area contributed by atoms with Crippen LogP contribution in [0.1, 0.15) is 43.1 Å². The number of thiophene rings is 1. The van der Waals surface area contributed by atoms with Crippen LogP contribution in [0.4, 0.5) is 11.4 Å². The second kappa shape index (κ2) is 11.2. The second-order valence-corrected chi connectivity index (χ2v) is 11.0. The Hall–Kier alpha value is -3.24. The average Bonchev–Trinajstić information content (AvgIpc) is 3.42. The van der Waals surface area contributed by atoms with Gasteiger partial charge >= 0.3 is 0 Å². The third-order valence-electron chi connectivity index (χ3n) is 5.63. The molecule has 0 radical (unpaired) electrons. The number of fused-ring (bicyclic) bond motifs is 1. The zero-order chi connectivity index (χ0) is 25.7. The molecule has 1 amide bonds. The van der Waals surface area contributed by atoms with E-state index in [9.17, 15) is 13.2 Å². The highest BCUT2D eigenvalue weighted by Crippen LogP contribution is 2.40. The molecule has 8 nitrogen and oxygen atoms in total. The van der Waals surface area contributed by atoms with Crippen LogP contribution in [0.25, 0.3) is 0 Å². The molecule has 3 aromatic rings. The number of anilines is 2. The van der Waals surface area contributed by atoms with Gasteiger partial charge in [-0.05, 0) is 74.9 Å². The standard InChI is InChI=1S/C26H30N2O6S2/c1-4-32-22-15-19(16-23(33-5-2)25(22)34-6-3)26(29)27-20-12-11-18-9-7-13-28(21(18)17-20)36(30,31)24-10-8-14-35-24/h8,10-12,14-17H,4-7,9,13H2,1-3H3,(H,27,29). The van der Waals surface area contributed by atoms with E-state index in [1.165, 1.54) is 15.6 Å². The normalized spacial score (nSPS) is 13.1. The van der Waals surface area contributed by atoms with Crippen LogP contribution < -0.4 is 23.8 Å². The number of rotatable bonds is 10. The van der Waals surface area contributed by atoms with E-state index in [0.717, 1.165) is 18.4 Å². The summed E-state index contributed by atoms with van der Waals surface area (Å²) in [4.78, 5) is 13.2. The summed E-state index contributed by atoms with van der Waals surface area (Å²) in [5.41, 5.74) is 2.35. The summed E-state index contributed by atoms with van der Waals surface area (Å²) in [7, 11) is -3.67. The SMILES string of the molecule is CCOc1cc(C(=O)Nc2ccc3c(c2)N(S(=O)(=O)c2cccs2)CCC3)cc(OCC)c1OCC. The third kappa shape index (κ3) is 5.29. The molecular weight excluding hydrogens is 500 g/mol. The Morgan fingerprint density at radius 1 is 1.00 bits per heavy atom. The Kier molecular flexibility index (Phi) is 8.05. The van der Waals surface area contributed by atoms with Crippen LogP contribution in [0.5, 0.6) is 17.2 Å². The third-order valence-corrected chi connectivity index (χ3v) is 8.82. The molecule has 2 heterocycles. The molecule has 0 saturated carbocycles. The van der Waals surface area contributed by atoms with Gasteiger partial charge in [0, 0.05) is 17.8 Å². The lowest BCUT2D eigenvalue weighted by Crippen LogP contribution is -2.35. The van der Waals surface area contributed by atoms with Crippen LogP contribution in [0.2, 0.25) is 0 Å². The number of amides is 1. The molecule has 36 heavy (non-hydrogen) atoms. The number of carbonyl (C=O) groups excluding carboxylic acids is 1. The van der Waals surface area contributed by atoms with E-state index in [1.54, 1.807) is 41.8 Å². The van der Waals surface area contributed by atoms with Crippen LogP contribution in [-0.4, -0.2) is 40.7 Å². The highest BCUT2D eigenvalue weighted by atomic mass is 32.2. The number of carbonyl (C=O) groups is 1. The highest BCUT2D eigenvalue weighted by molar-refractivity contribution is 7.94. The fourth-order valence-electron chi connectivity index (χ4n) is 4.11. The predicted molar refractivity (Wildman–Crippen MR) is 142 cm³/mol. The number of hydrogen-bond acceptors (Lipinski definition) is 7. The van der Waals surface area contributed by atoms with Gasteiger partial charge in [-0.3, -0.25) is 9.10 Å². The van der Waals surface area contributed by atoms with Crippen LogP contribution in [0.3, 0.4) is 0 Å². The van der Waals surface area contributed by atoms with E-state index in [4.69, 9.17) is 14.2 Å².